The molecule has 1 saturated carbocycles. The summed E-state index contributed by atoms with van der Waals surface area (Å²) in [6.45, 7) is 2.14. The highest BCUT2D eigenvalue weighted by atomic mass is 16.6. The summed E-state index contributed by atoms with van der Waals surface area (Å²) in [5.41, 5.74) is 1.96. The summed E-state index contributed by atoms with van der Waals surface area (Å²) in [5, 5.41) is 14.6. The number of benzene rings is 1. The van der Waals surface area contributed by atoms with Crippen LogP contribution in [0.2, 0.25) is 0 Å². The van der Waals surface area contributed by atoms with Crippen molar-refractivity contribution in [3.05, 3.63) is 52.5 Å². The zero-order chi connectivity index (χ0) is 22.1. The smallest absolute Gasteiger partial charge is 0.269 e. The van der Waals surface area contributed by atoms with Crippen LogP contribution in [0.15, 0.2) is 36.8 Å². The SMILES string of the molecule is O=C(NC1CCCCC1)[C@H]1Cc2cc([N+](=O)[O-])ccc2N2CCN(c3cnccn3)C[C@H]12. The maximum absolute atomic E-state index is 13.5. The van der Waals surface area contributed by atoms with Gasteiger partial charge in [0.05, 0.1) is 23.1 Å². The molecule has 9 heteroatoms. The second-order valence-electron chi connectivity index (χ2n) is 8.99. The molecule has 0 spiro atoms. The van der Waals surface area contributed by atoms with Crippen LogP contribution < -0.4 is 15.1 Å². The predicted molar refractivity (Wildman–Crippen MR) is 121 cm³/mol. The molecule has 0 radical (unpaired) electrons. The number of fused-ring (bicyclic) bond motifs is 3. The van der Waals surface area contributed by atoms with Gasteiger partial charge in [0.25, 0.3) is 5.69 Å². The van der Waals surface area contributed by atoms with Crippen LogP contribution in [-0.2, 0) is 11.2 Å². The lowest BCUT2D eigenvalue weighted by Gasteiger charge is -2.49. The number of hydrogen-bond donors (Lipinski definition) is 1. The molecule has 32 heavy (non-hydrogen) atoms. The molecule has 2 atom stereocenters. The third-order valence-electron chi connectivity index (χ3n) is 7.07. The molecular formula is C23H28N6O3. The van der Waals surface area contributed by atoms with Crippen LogP contribution in [0.3, 0.4) is 0 Å². The molecule has 1 aliphatic carbocycles. The van der Waals surface area contributed by atoms with Gasteiger partial charge in [-0.15, -0.1) is 0 Å². The first-order valence-electron chi connectivity index (χ1n) is 11.5. The number of piperazine rings is 1. The monoisotopic (exact) mass is 436 g/mol. The average molecular weight is 437 g/mol. The predicted octanol–water partition coefficient (Wildman–Crippen LogP) is 2.70. The highest BCUT2D eigenvalue weighted by Gasteiger charge is 2.42. The van der Waals surface area contributed by atoms with Gasteiger partial charge in [-0.2, -0.15) is 0 Å². The number of anilines is 2. The number of nitro benzene ring substituents is 1. The first-order valence-corrected chi connectivity index (χ1v) is 11.5. The maximum Gasteiger partial charge on any atom is 0.269 e. The Morgan fingerprint density at radius 2 is 2.00 bits per heavy atom. The van der Waals surface area contributed by atoms with Gasteiger partial charge in [-0.05, 0) is 30.9 Å². The van der Waals surface area contributed by atoms with E-state index in [0.717, 1.165) is 55.8 Å². The first kappa shape index (κ1) is 20.7. The quantitative estimate of drug-likeness (QED) is 0.580. The Hall–Kier alpha value is -3.23. The molecule has 1 aromatic carbocycles. The van der Waals surface area contributed by atoms with Crippen molar-refractivity contribution in [1.29, 1.82) is 0 Å². The molecule has 2 fully saturated rings. The van der Waals surface area contributed by atoms with Gasteiger partial charge >= 0.3 is 0 Å². The van der Waals surface area contributed by atoms with Gasteiger partial charge in [-0.1, -0.05) is 19.3 Å². The Balaban J connectivity index is 1.44. The van der Waals surface area contributed by atoms with E-state index < -0.39 is 0 Å². The third kappa shape index (κ3) is 3.99. The zero-order valence-corrected chi connectivity index (χ0v) is 18.0. The lowest BCUT2D eigenvalue weighted by molar-refractivity contribution is -0.384. The van der Waals surface area contributed by atoms with Crippen LogP contribution in [-0.4, -0.2) is 52.5 Å². The van der Waals surface area contributed by atoms with Gasteiger partial charge in [0.2, 0.25) is 5.91 Å². The Bertz CT molecular complexity index is 994. The molecule has 5 rings (SSSR count). The van der Waals surface area contributed by atoms with Crippen molar-refractivity contribution in [1.82, 2.24) is 15.3 Å². The fraction of sp³-hybridized carbons (Fsp3) is 0.522. The molecule has 0 bridgehead atoms. The standard InChI is InChI=1S/C23H28N6O3/c30-23(26-17-4-2-1-3-5-17)19-13-16-12-18(29(31)32)6-7-20(16)28-11-10-27(15-21(19)28)22-14-24-8-9-25-22/h6-9,12,14,17,19,21H,1-5,10-11,13,15H2,(H,26,30)/t19-,21+/m0/s1. The normalized spacial score (nSPS) is 23.2. The van der Waals surface area contributed by atoms with Gasteiger partial charge in [0.15, 0.2) is 0 Å². The van der Waals surface area contributed by atoms with Crippen LogP contribution in [0.25, 0.3) is 0 Å². The van der Waals surface area contributed by atoms with Gasteiger partial charge in [-0.25, -0.2) is 4.98 Å². The van der Waals surface area contributed by atoms with Crippen molar-refractivity contribution in [2.24, 2.45) is 5.92 Å². The van der Waals surface area contributed by atoms with Crippen LogP contribution >= 0.6 is 0 Å². The largest absolute Gasteiger partial charge is 0.364 e. The van der Waals surface area contributed by atoms with E-state index in [-0.39, 0.29) is 34.5 Å². The van der Waals surface area contributed by atoms with E-state index in [1.54, 1.807) is 30.7 Å². The van der Waals surface area contributed by atoms with E-state index in [1.807, 2.05) is 6.07 Å². The molecule has 9 nitrogen and oxygen atoms in total. The number of nitrogens with zero attached hydrogens (tertiary/aromatic N) is 5. The Morgan fingerprint density at radius 1 is 1.16 bits per heavy atom. The molecule has 2 aromatic rings. The first-order chi connectivity index (χ1) is 15.6. The molecule has 168 valence electrons. The number of nitrogens with one attached hydrogen (secondary N) is 1. The fourth-order valence-electron chi connectivity index (χ4n) is 5.44. The number of aromatic nitrogens is 2. The summed E-state index contributed by atoms with van der Waals surface area (Å²) >= 11 is 0. The molecular weight excluding hydrogens is 408 g/mol. The molecule has 1 amide bonds. The summed E-state index contributed by atoms with van der Waals surface area (Å²) in [6, 6.07) is 5.25. The molecule has 2 aliphatic heterocycles. The van der Waals surface area contributed by atoms with Crippen molar-refractivity contribution in [3.63, 3.8) is 0 Å². The molecule has 0 unspecified atom stereocenters. The molecule has 3 aliphatic rings. The maximum atomic E-state index is 13.5. The Kier molecular flexibility index (Phi) is 5.63. The lowest BCUT2D eigenvalue weighted by Crippen LogP contribution is -2.62. The van der Waals surface area contributed by atoms with Crippen molar-refractivity contribution < 1.29 is 9.72 Å². The highest BCUT2D eigenvalue weighted by molar-refractivity contribution is 5.83. The van der Waals surface area contributed by atoms with Gasteiger partial charge in [0.1, 0.15) is 5.82 Å². The van der Waals surface area contributed by atoms with Gasteiger partial charge in [-0.3, -0.25) is 19.9 Å². The van der Waals surface area contributed by atoms with E-state index >= 15 is 0 Å². The summed E-state index contributed by atoms with van der Waals surface area (Å²) in [4.78, 5) is 37.5. The average Bonchev–Trinajstić information content (AvgIpc) is 2.84. The second kappa shape index (κ2) is 8.72. The zero-order valence-electron chi connectivity index (χ0n) is 18.0. The number of hydrogen-bond acceptors (Lipinski definition) is 7. The topological polar surface area (TPSA) is 104 Å². The minimum absolute atomic E-state index is 0.0247. The number of carbonyl (C=O) groups excluding carboxylic acids is 1. The minimum atomic E-state index is -0.366. The van der Waals surface area contributed by atoms with Crippen molar-refractivity contribution in [3.8, 4) is 0 Å². The summed E-state index contributed by atoms with van der Waals surface area (Å²) < 4.78 is 0. The minimum Gasteiger partial charge on any atom is -0.364 e. The molecule has 1 saturated heterocycles. The van der Waals surface area contributed by atoms with E-state index in [2.05, 4.69) is 25.1 Å². The van der Waals surface area contributed by atoms with E-state index in [0.29, 0.717) is 13.0 Å². The number of carbonyl (C=O) groups is 1. The number of nitro groups is 1. The van der Waals surface area contributed by atoms with Crippen molar-refractivity contribution in [2.75, 3.05) is 29.4 Å². The van der Waals surface area contributed by atoms with Gasteiger partial charge in [0, 0.05) is 55.9 Å². The molecule has 3 heterocycles. The van der Waals surface area contributed by atoms with E-state index in [9.17, 15) is 14.9 Å². The van der Waals surface area contributed by atoms with Gasteiger partial charge < -0.3 is 15.1 Å². The van der Waals surface area contributed by atoms with Crippen LogP contribution in [0, 0.1) is 16.0 Å². The summed E-state index contributed by atoms with van der Waals surface area (Å²) in [6.07, 6.45) is 11.2. The number of non-ortho nitro benzene ring substituents is 1. The Morgan fingerprint density at radius 3 is 2.75 bits per heavy atom. The Labute approximate surface area is 187 Å². The van der Waals surface area contributed by atoms with E-state index in [1.165, 1.54) is 6.42 Å². The number of amides is 1. The highest BCUT2D eigenvalue weighted by Crippen LogP contribution is 2.38. The van der Waals surface area contributed by atoms with Crippen molar-refractivity contribution in [2.45, 2.75) is 50.6 Å². The lowest BCUT2D eigenvalue weighted by atomic mass is 9.82. The second-order valence-corrected chi connectivity index (χ2v) is 8.99. The van der Waals surface area contributed by atoms with Crippen LogP contribution in [0.4, 0.5) is 17.2 Å². The third-order valence-corrected chi connectivity index (χ3v) is 7.07. The van der Waals surface area contributed by atoms with E-state index in [4.69, 9.17) is 0 Å². The summed E-state index contributed by atoms with van der Waals surface area (Å²) in [5.74, 6) is 0.601. The van der Waals surface area contributed by atoms with Crippen LogP contribution in [0.1, 0.15) is 37.7 Å². The van der Waals surface area contributed by atoms with Crippen molar-refractivity contribution >= 4 is 23.1 Å². The fourth-order valence-corrected chi connectivity index (χ4v) is 5.44. The summed E-state index contributed by atoms with van der Waals surface area (Å²) in [7, 11) is 0. The van der Waals surface area contributed by atoms with Crippen LogP contribution in [0.5, 0.6) is 0 Å². The number of rotatable bonds is 4. The molecule has 1 aromatic heterocycles. The molecule has 1 N–H and O–H groups in total.